The number of primary sulfonamides is 1. The number of rotatable bonds is 2. The van der Waals surface area contributed by atoms with Crippen LogP contribution >= 0.6 is 0 Å². The second-order valence-corrected chi connectivity index (χ2v) is 4.57. The first kappa shape index (κ1) is 9.88. The molecule has 0 fully saturated rings. The second kappa shape index (κ2) is 3.48. The summed E-state index contributed by atoms with van der Waals surface area (Å²) in [6, 6.07) is 6.84. The molecule has 0 spiro atoms. The number of nitrogens with zero attached hydrogens (tertiary/aromatic N) is 1. The van der Waals surface area contributed by atoms with E-state index in [0.717, 1.165) is 0 Å². The Hall–Kier alpha value is -1.66. The predicted octanol–water partition coefficient (Wildman–Crippen LogP) is 0.724. The lowest BCUT2D eigenvalue weighted by molar-refractivity contribution is 0.598. The van der Waals surface area contributed by atoms with E-state index in [1.54, 1.807) is 18.3 Å². The number of aromatic amines is 1. The second-order valence-electron chi connectivity index (χ2n) is 3.01. The molecule has 0 aromatic carbocycles. The molecule has 15 heavy (non-hydrogen) atoms. The molecule has 0 aliphatic heterocycles. The minimum absolute atomic E-state index is 0.0585. The van der Waals surface area contributed by atoms with Crippen molar-refractivity contribution in [3.05, 3.63) is 36.7 Å². The molecular weight excluding hydrogens is 214 g/mol. The topological polar surface area (TPSA) is 88.8 Å². The van der Waals surface area contributed by atoms with Crippen molar-refractivity contribution in [3.8, 4) is 11.4 Å². The zero-order valence-electron chi connectivity index (χ0n) is 7.71. The van der Waals surface area contributed by atoms with Crippen molar-refractivity contribution in [1.82, 2.24) is 9.97 Å². The molecule has 2 aromatic rings. The summed E-state index contributed by atoms with van der Waals surface area (Å²) >= 11 is 0. The lowest BCUT2D eigenvalue weighted by Gasteiger charge is -1.93. The Kier molecular flexibility index (Phi) is 2.29. The van der Waals surface area contributed by atoms with E-state index < -0.39 is 10.0 Å². The first-order valence-corrected chi connectivity index (χ1v) is 5.74. The van der Waals surface area contributed by atoms with Gasteiger partial charge >= 0.3 is 0 Å². The largest absolute Gasteiger partial charge is 0.359 e. The number of hydrogen-bond donors (Lipinski definition) is 2. The van der Waals surface area contributed by atoms with Crippen molar-refractivity contribution in [1.29, 1.82) is 0 Å². The van der Waals surface area contributed by atoms with Gasteiger partial charge in [-0.05, 0) is 18.2 Å². The summed E-state index contributed by atoms with van der Waals surface area (Å²) in [7, 11) is -3.65. The Bertz CT molecular complexity index is 560. The minimum atomic E-state index is -3.65. The van der Waals surface area contributed by atoms with Crippen molar-refractivity contribution in [3.63, 3.8) is 0 Å². The maximum Gasteiger partial charge on any atom is 0.239 e. The molecule has 2 heterocycles. The van der Waals surface area contributed by atoms with Crippen LogP contribution in [0, 0.1) is 0 Å². The van der Waals surface area contributed by atoms with Crippen LogP contribution in [0.15, 0.2) is 41.6 Å². The fourth-order valence-electron chi connectivity index (χ4n) is 1.21. The molecule has 0 unspecified atom stereocenters. The average Bonchev–Trinajstić information content (AvgIpc) is 2.67. The van der Waals surface area contributed by atoms with Crippen LogP contribution < -0.4 is 5.14 Å². The van der Waals surface area contributed by atoms with Crippen molar-refractivity contribution < 1.29 is 8.42 Å². The van der Waals surface area contributed by atoms with Crippen molar-refractivity contribution in [2.24, 2.45) is 5.14 Å². The van der Waals surface area contributed by atoms with Gasteiger partial charge in [0.25, 0.3) is 0 Å². The standard InChI is InChI=1S/C9H9N3O2S/c10-15(13,14)7-5-9(12-6-7)8-3-1-2-4-11-8/h1-6,12H,(H2,10,13,14). The van der Waals surface area contributed by atoms with Crippen LogP contribution in [0.25, 0.3) is 11.4 Å². The average molecular weight is 223 g/mol. The van der Waals surface area contributed by atoms with E-state index in [4.69, 9.17) is 5.14 Å². The van der Waals surface area contributed by atoms with Crippen LogP contribution in [0.3, 0.4) is 0 Å². The lowest BCUT2D eigenvalue weighted by Crippen LogP contribution is -2.10. The van der Waals surface area contributed by atoms with Gasteiger partial charge in [0, 0.05) is 12.4 Å². The molecule has 0 atom stereocenters. The normalized spacial score (nSPS) is 11.5. The minimum Gasteiger partial charge on any atom is -0.359 e. The Morgan fingerprint density at radius 1 is 1.33 bits per heavy atom. The maximum absolute atomic E-state index is 11.0. The summed E-state index contributed by atoms with van der Waals surface area (Å²) in [5.41, 5.74) is 1.30. The lowest BCUT2D eigenvalue weighted by atomic mass is 10.3. The summed E-state index contributed by atoms with van der Waals surface area (Å²) in [6.07, 6.45) is 2.98. The van der Waals surface area contributed by atoms with E-state index in [9.17, 15) is 8.42 Å². The van der Waals surface area contributed by atoms with E-state index in [-0.39, 0.29) is 4.90 Å². The quantitative estimate of drug-likeness (QED) is 0.786. The molecule has 3 N–H and O–H groups in total. The van der Waals surface area contributed by atoms with Crippen LogP contribution in [0.5, 0.6) is 0 Å². The highest BCUT2D eigenvalue weighted by molar-refractivity contribution is 7.89. The molecule has 0 saturated carbocycles. The third kappa shape index (κ3) is 2.05. The molecule has 6 heteroatoms. The molecule has 78 valence electrons. The number of pyridine rings is 1. The van der Waals surface area contributed by atoms with E-state index >= 15 is 0 Å². The Morgan fingerprint density at radius 3 is 2.67 bits per heavy atom. The SMILES string of the molecule is NS(=O)(=O)c1c[nH]c(-c2ccccn2)c1. The number of aromatic nitrogens is 2. The summed E-state index contributed by atoms with van der Waals surface area (Å²) in [4.78, 5) is 6.94. The maximum atomic E-state index is 11.0. The first-order chi connectivity index (χ1) is 7.07. The molecule has 0 radical (unpaired) electrons. The summed E-state index contributed by atoms with van der Waals surface area (Å²) < 4.78 is 22.0. The van der Waals surface area contributed by atoms with Gasteiger partial charge in [-0.15, -0.1) is 0 Å². The number of nitrogens with two attached hydrogens (primary N) is 1. The molecule has 0 aliphatic carbocycles. The third-order valence-corrected chi connectivity index (χ3v) is 2.82. The van der Waals surface area contributed by atoms with E-state index in [1.807, 2.05) is 6.07 Å². The van der Waals surface area contributed by atoms with Gasteiger partial charge < -0.3 is 4.98 Å². The number of nitrogens with one attached hydrogen (secondary N) is 1. The number of sulfonamides is 1. The van der Waals surface area contributed by atoms with Crippen LogP contribution in [0.2, 0.25) is 0 Å². The Balaban J connectivity index is 2.46. The van der Waals surface area contributed by atoms with Gasteiger partial charge in [0.05, 0.1) is 16.3 Å². The van der Waals surface area contributed by atoms with Gasteiger partial charge in [-0.25, -0.2) is 13.6 Å². The van der Waals surface area contributed by atoms with Crippen molar-refractivity contribution in [2.75, 3.05) is 0 Å². The van der Waals surface area contributed by atoms with Crippen LogP contribution in [-0.4, -0.2) is 18.4 Å². The smallest absolute Gasteiger partial charge is 0.239 e. The summed E-state index contributed by atoms with van der Waals surface area (Å²) in [5.74, 6) is 0. The fraction of sp³-hybridized carbons (Fsp3) is 0. The Morgan fingerprint density at radius 2 is 2.13 bits per heavy atom. The fourth-order valence-corrected chi connectivity index (χ4v) is 1.71. The number of H-pyrrole nitrogens is 1. The van der Waals surface area contributed by atoms with E-state index in [2.05, 4.69) is 9.97 Å². The summed E-state index contributed by atoms with van der Waals surface area (Å²) in [6.45, 7) is 0. The van der Waals surface area contributed by atoms with Gasteiger partial charge in [-0.2, -0.15) is 0 Å². The van der Waals surface area contributed by atoms with E-state index in [1.165, 1.54) is 12.3 Å². The van der Waals surface area contributed by atoms with Crippen LogP contribution in [0.1, 0.15) is 0 Å². The molecule has 0 bridgehead atoms. The highest BCUT2D eigenvalue weighted by atomic mass is 32.2. The molecular formula is C9H9N3O2S. The van der Waals surface area contributed by atoms with Crippen molar-refractivity contribution in [2.45, 2.75) is 4.90 Å². The Labute approximate surface area is 87.0 Å². The van der Waals surface area contributed by atoms with Gasteiger partial charge in [0.15, 0.2) is 0 Å². The highest BCUT2D eigenvalue weighted by Gasteiger charge is 2.11. The van der Waals surface area contributed by atoms with Gasteiger partial charge in [0.1, 0.15) is 0 Å². The monoisotopic (exact) mass is 223 g/mol. The first-order valence-electron chi connectivity index (χ1n) is 4.20. The van der Waals surface area contributed by atoms with Gasteiger partial charge in [0.2, 0.25) is 10.0 Å². The van der Waals surface area contributed by atoms with E-state index in [0.29, 0.717) is 11.4 Å². The number of hydrogen-bond acceptors (Lipinski definition) is 3. The zero-order chi connectivity index (χ0) is 10.9. The highest BCUT2D eigenvalue weighted by Crippen LogP contribution is 2.17. The summed E-state index contributed by atoms with van der Waals surface area (Å²) in [5, 5.41) is 4.98. The molecule has 2 rings (SSSR count). The molecule has 5 nitrogen and oxygen atoms in total. The molecule has 2 aromatic heterocycles. The molecule has 0 saturated heterocycles. The molecule has 0 aliphatic rings. The zero-order valence-corrected chi connectivity index (χ0v) is 8.53. The molecule has 0 amide bonds. The predicted molar refractivity (Wildman–Crippen MR) is 55.4 cm³/mol. The van der Waals surface area contributed by atoms with Gasteiger partial charge in [-0.1, -0.05) is 6.07 Å². The van der Waals surface area contributed by atoms with Crippen LogP contribution in [-0.2, 0) is 10.0 Å². The third-order valence-electron chi connectivity index (χ3n) is 1.93. The van der Waals surface area contributed by atoms with Gasteiger partial charge in [-0.3, -0.25) is 4.98 Å². The van der Waals surface area contributed by atoms with Crippen molar-refractivity contribution >= 4 is 10.0 Å². The van der Waals surface area contributed by atoms with Crippen LogP contribution in [0.4, 0.5) is 0 Å².